The SMILES string of the molecule is NC(CN1CCc2ccccc2C1=O)C1CCOC1. The van der Waals surface area contributed by atoms with Crippen molar-refractivity contribution in [3.8, 4) is 0 Å². The molecule has 1 amide bonds. The summed E-state index contributed by atoms with van der Waals surface area (Å²) in [6.07, 6.45) is 1.94. The van der Waals surface area contributed by atoms with Crippen LogP contribution in [0.3, 0.4) is 0 Å². The maximum atomic E-state index is 12.4. The second-order valence-corrected chi connectivity index (χ2v) is 5.45. The molecule has 0 bridgehead atoms. The Kier molecular flexibility index (Phi) is 3.53. The van der Waals surface area contributed by atoms with E-state index in [0.29, 0.717) is 12.5 Å². The van der Waals surface area contributed by atoms with Crippen LogP contribution in [0.15, 0.2) is 24.3 Å². The van der Waals surface area contributed by atoms with E-state index in [2.05, 4.69) is 0 Å². The van der Waals surface area contributed by atoms with Gasteiger partial charge in [0.15, 0.2) is 0 Å². The molecule has 2 N–H and O–H groups in total. The maximum absolute atomic E-state index is 12.4. The third kappa shape index (κ3) is 2.51. The van der Waals surface area contributed by atoms with Crippen LogP contribution in [0.1, 0.15) is 22.3 Å². The lowest BCUT2D eigenvalue weighted by atomic mass is 9.96. The third-order valence-corrected chi connectivity index (χ3v) is 4.19. The van der Waals surface area contributed by atoms with Crippen LogP contribution in [-0.4, -0.2) is 43.2 Å². The number of nitrogens with two attached hydrogens (primary N) is 1. The van der Waals surface area contributed by atoms with E-state index in [0.717, 1.165) is 43.7 Å². The maximum Gasteiger partial charge on any atom is 0.254 e. The Balaban J connectivity index is 1.68. The van der Waals surface area contributed by atoms with Gasteiger partial charge in [0.25, 0.3) is 5.91 Å². The van der Waals surface area contributed by atoms with Crippen molar-refractivity contribution < 1.29 is 9.53 Å². The van der Waals surface area contributed by atoms with Crippen LogP contribution >= 0.6 is 0 Å². The molecule has 4 heteroatoms. The molecule has 1 aromatic carbocycles. The molecule has 0 radical (unpaired) electrons. The lowest BCUT2D eigenvalue weighted by molar-refractivity contribution is 0.0713. The Labute approximate surface area is 113 Å². The second-order valence-electron chi connectivity index (χ2n) is 5.45. The number of rotatable bonds is 3. The first-order valence-corrected chi connectivity index (χ1v) is 6.96. The summed E-state index contributed by atoms with van der Waals surface area (Å²) < 4.78 is 5.37. The Hall–Kier alpha value is -1.39. The molecule has 2 aliphatic heterocycles. The Bertz CT molecular complexity index is 469. The number of benzene rings is 1. The molecule has 19 heavy (non-hydrogen) atoms. The first-order chi connectivity index (χ1) is 9.25. The predicted molar refractivity (Wildman–Crippen MR) is 73.0 cm³/mol. The van der Waals surface area contributed by atoms with Crippen LogP contribution in [-0.2, 0) is 11.2 Å². The van der Waals surface area contributed by atoms with Crippen LogP contribution in [0.5, 0.6) is 0 Å². The molecule has 0 aliphatic carbocycles. The van der Waals surface area contributed by atoms with Crippen LogP contribution < -0.4 is 5.73 Å². The Morgan fingerprint density at radius 3 is 3.05 bits per heavy atom. The first-order valence-electron chi connectivity index (χ1n) is 6.96. The smallest absolute Gasteiger partial charge is 0.254 e. The van der Waals surface area contributed by atoms with Crippen molar-refractivity contribution in [3.63, 3.8) is 0 Å². The normalized spacial score (nSPS) is 24.4. The molecule has 0 spiro atoms. The summed E-state index contributed by atoms with van der Waals surface area (Å²) in [5.74, 6) is 0.515. The van der Waals surface area contributed by atoms with E-state index in [-0.39, 0.29) is 11.9 Å². The van der Waals surface area contributed by atoms with Gasteiger partial charge in [0.1, 0.15) is 0 Å². The van der Waals surface area contributed by atoms with Gasteiger partial charge in [0.05, 0.1) is 6.61 Å². The third-order valence-electron chi connectivity index (χ3n) is 4.19. The summed E-state index contributed by atoms with van der Waals surface area (Å²) in [7, 11) is 0. The van der Waals surface area contributed by atoms with Crippen LogP contribution in [0.25, 0.3) is 0 Å². The number of amides is 1. The van der Waals surface area contributed by atoms with E-state index in [9.17, 15) is 4.79 Å². The molecule has 1 aromatic rings. The molecular weight excluding hydrogens is 240 g/mol. The molecule has 102 valence electrons. The number of carbonyl (C=O) groups excluding carboxylic acids is 1. The van der Waals surface area contributed by atoms with E-state index in [1.54, 1.807) is 0 Å². The topological polar surface area (TPSA) is 55.6 Å². The number of nitrogens with zero attached hydrogens (tertiary/aromatic N) is 1. The van der Waals surface area contributed by atoms with E-state index in [1.165, 1.54) is 0 Å². The largest absolute Gasteiger partial charge is 0.381 e. The minimum atomic E-state index is 0.0247. The molecule has 0 aromatic heterocycles. The molecule has 1 saturated heterocycles. The number of hydrogen-bond acceptors (Lipinski definition) is 3. The fourth-order valence-corrected chi connectivity index (χ4v) is 2.94. The van der Waals surface area contributed by atoms with Crippen molar-refractivity contribution in [1.29, 1.82) is 0 Å². The summed E-state index contributed by atoms with van der Waals surface area (Å²) in [4.78, 5) is 14.3. The van der Waals surface area contributed by atoms with Crippen molar-refractivity contribution in [2.75, 3.05) is 26.3 Å². The van der Waals surface area contributed by atoms with Crippen molar-refractivity contribution in [1.82, 2.24) is 4.90 Å². The lowest BCUT2D eigenvalue weighted by Crippen LogP contribution is -2.47. The minimum Gasteiger partial charge on any atom is -0.381 e. The van der Waals surface area contributed by atoms with Gasteiger partial charge in [0, 0.05) is 37.2 Å². The van der Waals surface area contributed by atoms with Crippen LogP contribution in [0, 0.1) is 5.92 Å². The molecule has 2 aliphatic rings. The molecule has 3 rings (SSSR count). The second kappa shape index (κ2) is 5.31. The molecule has 2 unspecified atom stereocenters. The Morgan fingerprint density at radius 1 is 1.42 bits per heavy atom. The number of carbonyl (C=O) groups is 1. The molecule has 1 fully saturated rings. The highest BCUT2D eigenvalue weighted by atomic mass is 16.5. The van der Waals surface area contributed by atoms with E-state index in [4.69, 9.17) is 10.5 Å². The van der Waals surface area contributed by atoms with Crippen LogP contribution in [0.2, 0.25) is 0 Å². The van der Waals surface area contributed by atoms with Gasteiger partial charge < -0.3 is 15.4 Å². The highest BCUT2D eigenvalue weighted by molar-refractivity contribution is 5.96. The first kappa shape index (κ1) is 12.6. The zero-order valence-corrected chi connectivity index (χ0v) is 11.0. The van der Waals surface area contributed by atoms with Crippen molar-refractivity contribution in [2.24, 2.45) is 11.7 Å². The fraction of sp³-hybridized carbons (Fsp3) is 0.533. The number of hydrogen-bond donors (Lipinski definition) is 1. The summed E-state index contributed by atoms with van der Waals surface area (Å²) in [5.41, 5.74) is 8.21. The van der Waals surface area contributed by atoms with Gasteiger partial charge in [0.2, 0.25) is 0 Å². The van der Waals surface area contributed by atoms with Gasteiger partial charge in [-0.25, -0.2) is 0 Å². The van der Waals surface area contributed by atoms with Gasteiger partial charge >= 0.3 is 0 Å². The molecule has 4 nitrogen and oxygen atoms in total. The fourth-order valence-electron chi connectivity index (χ4n) is 2.94. The average Bonchev–Trinajstić information content (AvgIpc) is 2.96. The minimum absolute atomic E-state index is 0.0247. The summed E-state index contributed by atoms with van der Waals surface area (Å²) in [5, 5.41) is 0. The monoisotopic (exact) mass is 260 g/mol. The van der Waals surface area contributed by atoms with Gasteiger partial charge in [-0.1, -0.05) is 18.2 Å². The zero-order valence-electron chi connectivity index (χ0n) is 11.0. The van der Waals surface area contributed by atoms with Gasteiger partial charge in [-0.05, 0) is 24.5 Å². The molecule has 2 atom stereocenters. The average molecular weight is 260 g/mol. The van der Waals surface area contributed by atoms with Crippen molar-refractivity contribution in [2.45, 2.75) is 18.9 Å². The van der Waals surface area contributed by atoms with Gasteiger partial charge in [-0.15, -0.1) is 0 Å². The summed E-state index contributed by atoms with van der Waals surface area (Å²) in [6.45, 7) is 2.95. The highest BCUT2D eigenvalue weighted by Gasteiger charge is 2.29. The molecular formula is C15H20N2O2. The number of fused-ring (bicyclic) bond motifs is 1. The molecule has 2 heterocycles. The Morgan fingerprint density at radius 2 is 2.26 bits per heavy atom. The van der Waals surface area contributed by atoms with Crippen molar-refractivity contribution >= 4 is 5.91 Å². The summed E-state index contributed by atoms with van der Waals surface area (Å²) >= 11 is 0. The quantitative estimate of drug-likeness (QED) is 0.883. The lowest BCUT2D eigenvalue weighted by Gasteiger charge is -2.32. The van der Waals surface area contributed by atoms with Crippen molar-refractivity contribution in [3.05, 3.63) is 35.4 Å². The van der Waals surface area contributed by atoms with Crippen LogP contribution in [0.4, 0.5) is 0 Å². The number of ether oxygens (including phenoxy) is 1. The van der Waals surface area contributed by atoms with Gasteiger partial charge in [-0.3, -0.25) is 4.79 Å². The van der Waals surface area contributed by atoms with E-state index in [1.807, 2.05) is 29.2 Å². The highest BCUT2D eigenvalue weighted by Crippen LogP contribution is 2.21. The van der Waals surface area contributed by atoms with E-state index >= 15 is 0 Å². The zero-order chi connectivity index (χ0) is 13.2. The summed E-state index contributed by atoms with van der Waals surface area (Å²) in [6, 6.07) is 7.88. The standard InChI is InChI=1S/C15H20N2O2/c16-14(12-6-8-19-10-12)9-17-7-5-11-3-1-2-4-13(11)15(17)18/h1-4,12,14H,5-10,16H2. The van der Waals surface area contributed by atoms with E-state index < -0.39 is 0 Å². The van der Waals surface area contributed by atoms with Gasteiger partial charge in [-0.2, -0.15) is 0 Å². The predicted octanol–water partition coefficient (Wildman–Crippen LogP) is 1.05. The molecule has 0 saturated carbocycles.